The number of amides is 1. The molecular weight excluding hydrogens is 405 g/mol. The van der Waals surface area contributed by atoms with Crippen LogP contribution in [0.2, 0.25) is 0 Å². The van der Waals surface area contributed by atoms with Crippen LogP contribution < -0.4 is 4.74 Å². The molecule has 0 spiro atoms. The van der Waals surface area contributed by atoms with E-state index in [2.05, 4.69) is 19.1 Å². The van der Waals surface area contributed by atoms with Crippen LogP contribution in [0.4, 0.5) is 4.39 Å². The topological polar surface area (TPSA) is 49.8 Å². The van der Waals surface area contributed by atoms with E-state index >= 15 is 0 Å². The molecule has 0 aromatic heterocycles. The van der Waals surface area contributed by atoms with Gasteiger partial charge < -0.3 is 14.7 Å². The molecule has 1 heterocycles. The molecule has 172 valence electrons. The lowest BCUT2D eigenvalue weighted by Crippen LogP contribution is -2.40. The largest absolute Gasteiger partial charge is 0.497 e. The van der Waals surface area contributed by atoms with Crippen LogP contribution in [0.5, 0.6) is 5.75 Å². The summed E-state index contributed by atoms with van der Waals surface area (Å²) >= 11 is 0. The van der Waals surface area contributed by atoms with Crippen LogP contribution in [0.25, 0.3) is 0 Å². The molecule has 1 aliphatic heterocycles. The summed E-state index contributed by atoms with van der Waals surface area (Å²) in [4.78, 5) is 14.6. The third-order valence-corrected chi connectivity index (χ3v) is 7.31. The van der Waals surface area contributed by atoms with Gasteiger partial charge in [0, 0.05) is 24.7 Å². The molecule has 4 nitrogen and oxygen atoms in total. The van der Waals surface area contributed by atoms with Crippen molar-refractivity contribution in [3.63, 3.8) is 0 Å². The predicted octanol–water partition coefficient (Wildman–Crippen LogP) is 5.51. The van der Waals surface area contributed by atoms with Gasteiger partial charge in [-0.05, 0) is 91.7 Å². The van der Waals surface area contributed by atoms with E-state index in [4.69, 9.17) is 4.74 Å². The van der Waals surface area contributed by atoms with Crippen molar-refractivity contribution in [1.82, 2.24) is 4.90 Å². The first-order valence-electron chi connectivity index (χ1n) is 11.8. The highest BCUT2D eigenvalue weighted by Crippen LogP contribution is 2.42. The number of hydrogen-bond donors (Lipinski definition) is 1. The Labute approximate surface area is 190 Å². The Bertz CT molecular complexity index is 921. The molecule has 3 atom stereocenters. The number of carbonyl (C=O) groups excluding carboxylic acids is 1. The number of ether oxygens (including phenoxy) is 1. The number of nitrogens with zero attached hydrogens (tertiary/aromatic N) is 1. The second-order valence-corrected chi connectivity index (χ2v) is 9.58. The lowest BCUT2D eigenvalue weighted by atomic mass is 9.88. The van der Waals surface area contributed by atoms with Crippen LogP contribution in [0, 0.1) is 11.7 Å². The van der Waals surface area contributed by atoms with Crippen molar-refractivity contribution in [3.05, 3.63) is 65.0 Å². The molecule has 1 amide bonds. The van der Waals surface area contributed by atoms with E-state index in [1.807, 2.05) is 23.1 Å². The molecule has 5 heteroatoms. The third kappa shape index (κ3) is 5.32. The van der Waals surface area contributed by atoms with Gasteiger partial charge in [-0.15, -0.1) is 0 Å². The van der Waals surface area contributed by atoms with E-state index in [0.717, 1.165) is 30.4 Å². The quantitative estimate of drug-likeness (QED) is 0.646. The van der Waals surface area contributed by atoms with Crippen molar-refractivity contribution >= 4 is 5.91 Å². The highest BCUT2D eigenvalue weighted by atomic mass is 19.1. The molecule has 2 fully saturated rings. The molecule has 2 aromatic carbocycles. The van der Waals surface area contributed by atoms with Gasteiger partial charge in [0.05, 0.1) is 13.2 Å². The van der Waals surface area contributed by atoms with Crippen LogP contribution in [-0.2, 0) is 0 Å². The number of methoxy groups -OCH3 is 1. The van der Waals surface area contributed by atoms with Gasteiger partial charge in [0.15, 0.2) is 0 Å². The number of benzene rings is 2. The fourth-order valence-electron chi connectivity index (χ4n) is 5.36. The van der Waals surface area contributed by atoms with Gasteiger partial charge in [-0.1, -0.05) is 19.1 Å². The number of halogens is 1. The number of aliphatic hydroxyl groups is 1. The Balaban J connectivity index is 1.33. The number of hydrogen-bond acceptors (Lipinski definition) is 3. The van der Waals surface area contributed by atoms with Crippen molar-refractivity contribution in [2.75, 3.05) is 20.2 Å². The maximum absolute atomic E-state index is 13.9. The molecule has 2 aromatic rings. The molecule has 1 unspecified atom stereocenters. The highest BCUT2D eigenvalue weighted by molar-refractivity contribution is 5.94. The minimum atomic E-state index is -0.276. The molecule has 32 heavy (non-hydrogen) atoms. The molecule has 0 bridgehead atoms. The summed E-state index contributed by atoms with van der Waals surface area (Å²) in [6.07, 6.45) is 5.55. The van der Waals surface area contributed by atoms with E-state index < -0.39 is 0 Å². The summed E-state index contributed by atoms with van der Waals surface area (Å²) in [5, 5.41) is 9.65. The van der Waals surface area contributed by atoms with Crippen LogP contribution in [0.3, 0.4) is 0 Å². The number of rotatable bonds is 6. The van der Waals surface area contributed by atoms with Gasteiger partial charge in [0.25, 0.3) is 5.91 Å². The van der Waals surface area contributed by atoms with Gasteiger partial charge >= 0.3 is 0 Å². The summed E-state index contributed by atoms with van der Waals surface area (Å²) in [6.45, 7) is 3.42. The molecule has 1 aliphatic carbocycles. The summed E-state index contributed by atoms with van der Waals surface area (Å²) in [5.41, 5.74) is 3.03. The molecule has 1 N–H and O–H groups in total. The highest BCUT2D eigenvalue weighted by Gasteiger charge is 2.28. The van der Waals surface area contributed by atoms with Crippen molar-refractivity contribution in [2.24, 2.45) is 5.92 Å². The Hall–Kier alpha value is -2.40. The van der Waals surface area contributed by atoms with Crippen LogP contribution in [0.15, 0.2) is 42.5 Å². The molecule has 1 saturated heterocycles. The predicted molar refractivity (Wildman–Crippen MR) is 124 cm³/mol. The average molecular weight is 440 g/mol. The second-order valence-electron chi connectivity index (χ2n) is 9.58. The maximum Gasteiger partial charge on any atom is 0.253 e. The number of likely N-dealkylation sites (tertiary alicyclic amines) is 1. The third-order valence-electron chi connectivity index (χ3n) is 7.31. The van der Waals surface area contributed by atoms with Gasteiger partial charge in [-0.3, -0.25) is 4.79 Å². The maximum atomic E-state index is 13.9. The summed E-state index contributed by atoms with van der Waals surface area (Å²) < 4.78 is 19.1. The normalized spacial score (nSPS) is 22.7. The minimum Gasteiger partial charge on any atom is -0.497 e. The first-order chi connectivity index (χ1) is 15.4. The summed E-state index contributed by atoms with van der Waals surface area (Å²) in [5.74, 6) is 1.81. The molecule has 0 radical (unpaired) electrons. The first kappa shape index (κ1) is 22.8. The second kappa shape index (κ2) is 10.0. The molecule has 2 aliphatic rings. The van der Waals surface area contributed by atoms with Gasteiger partial charge in [0.2, 0.25) is 0 Å². The zero-order valence-corrected chi connectivity index (χ0v) is 19.1. The molecule has 4 rings (SSSR count). The van der Waals surface area contributed by atoms with Gasteiger partial charge in [0.1, 0.15) is 11.6 Å². The van der Waals surface area contributed by atoms with Crippen molar-refractivity contribution in [1.29, 1.82) is 0 Å². The SMILES string of the molecule is COc1cc(F)cc([C@@H](C)CC2CC[C@H](c3ccc(C(=O)N4CCC(O)CC4)cc3)C2)c1. The number of piperidine rings is 1. The zero-order chi connectivity index (χ0) is 22.7. The van der Waals surface area contributed by atoms with Crippen LogP contribution in [0.1, 0.15) is 78.8 Å². The smallest absolute Gasteiger partial charge is 0.253 e. The Morgan fingerprint density at radius 1 is 1.12 bits per heavy atom. The van der Waals surface area contributed by atoms with Gasteiger partial charge in [-0.2, -0.15) is 0 Å². The minimum absolute atomic E-state index is 0.0621. The van der Waals surface area contributed by atoms with Crippen molar-refractivity contribution in [3.8, 4) is 5.75 Å². The number of carbonyl (C=O) groups is 1. The zero-order valence-electron chi connectivity index (χ0n) is 19.1. The fraction of sp³-hybridized carbons (Fsp3) is 0.519. The standard InChI is InChI=1S/C27H34FNO3/c1-18(23-15-24(28)17-26(16-23)32-2)13-19-3-4-22(14-19)20-5-7-21(8-6-20)27(31)29-11-9-25(30)10-12-29/h5-8,15-19,22,25,30H,3-4,9-14H2,1-2H3/t18-,19?,22-/m0/s1. The van der Waals surface area contributed by atoms with E-state index in [-0.39, 0.29) is 23.7 Å². The summed E-state index contributed by atoms with van der Waals surface area (Å²) in [6, 6.07) is 13.1. The lowest BCUT2D eigenvalue weighted by molar-refractivity contribution is 0.0546. The van der Waals surface area contributed by atoms with Crippen molar-refractivity contribution in [2.45, 2.75) is 63.4 Å². The van der Waals surface area contributed by atoms with E-state index in [9.17, 15) is 14.3 Å². The summed E-state index contributed by atoms with van der Waals surface area (Å²) in [7, 11) is 1.57. The molecular formula is C27H34FNO3. The fourth-order valence-corrected chi connectivity index (χ4v) is 5.36. The Morgan fingerprint density at radius 3 is 2.53 bits per heavy atom. The van der Waals surface area contributed by atoms with Crippen molar-refractivity contribution < 1.29 is 19.0 Å². The van der Waals surface area contributed by atoms with E-state index in [0.29, 0.717) is 43.5 Å². The van der Waals surface area contributed by atoms with E-state index in [1.165, 1.54) is 18.1 Å². The average Bonchev–Trinajstić information content (AvgIpc) is 3.27. The Morgan fingerprint density at radius 2 is 1.84 bits per heavy atom. The van der Waals surface area contributed by atoms with Gasteiger partial charge in [-0.25, -0.2) is 4.39 Å². The van der Waals surface area contributed by atoms with Crippen LogP contribution >= 0.6 is 0 Å². The Kier molecular flexibility index (Phi) is 7.14. The first-order valence-corrected chi connectivity index (χ1v) is 11.8. The monoisotopic (exact) mass is 439 g/mol. The van der Waals surface area contributed by atoms with Crippen LogP contribution in [-0.4, -0.2) is 42.2 Å². The lowest BCUT2D eigenvalue weighted by Gasteiger charge is -2.29. The molecule has 1 saturated carbocycles. The number of aliphatic hydroxyl groups excluding tert-OH is 1. The van der Waals surface area contributed by atoms with E-state index in [1.54, 1.807) is 13.2 Å².